The standard InChI is InChI=1S/C19H24F3NO4S/c20-19(21,22)14-2-1-3-17(12-14)28(25,26)16-6-4-15(5-7-16)23-18(24)13-8-10-27-11-9-13/h1-3,12-13,15-16H,4-11H2,(H,23,24). The summed E-state index contributed by atoms with van der Waals surface area (Å²) in [7, 11) is -3.85. The average Bonchev–Trinajstić information content (AvgIpc) is 2.68. The molecular weight excluding hydrogens is 395 g/mol. The number of hydrogen-bond donors (Lipinski definition) is 1. The van der Waals surface area contributed by atoms with Crippen LogP contribution in [0.5, 0.6) is 0 Å². The van der Waals surface area contributed by atoms with Gasteiger partial charge in [-0.25, -0.2) is 8.42 Å². The Bertz CT molecular complexity index is 796. The van der Waals surface area contributed by atoms with Gasteiger partial charge in [0.15, 0.2) is 9.84 Å². The minimum absolute atomic E-state index is 0.0208. The van der Waals surface area contributed by atoms with E-state index in [1.54, 1.807) is 0 Å². The van der Waals surface area contributed by atoms with E-state index in [0.29, 0.717) is 57.8 Å². The van der Waals surface area contributed by atoms with Gasteiger partial charge in [0.1, 0.15) is 0 Å². The molecule has 156 valence electrons. The molecule has 0 bridgehead atoms. The topological polar surface area (TPSA) is 72.5 Å². The summed E-state index contributed by atoms with van der Waals surface area (Å²) in [6.07, 6.45) is -1.59. The molecular formula is C19H24F3NO4S. The fraction of sp³-hybridized carbons (Fsp3) is 0.632. The minimum Gasteiger partial charge on any atom is -0.381 e. The summed E-state index contributed by atoms with van der Waals surface area (Å²) >= 11 is 0. The van der Waals surface area contributed by atoms with E-state index in [1.165, 1.54) is 6.07 Å². The predicted octanol–water partition coefficient (Wildman–Crippen LogP) is 3.33. The highest BCUT2D eigenvalue weighted by Gasteiger charge is 2.36. The molecule has 1 aromatic rings. The second-order valence-corrected chi connectivity index (χ2v) is 9.67. The van der Waals surface area contributed by atoms with Crippen molar-refractivity contribution in [1.29, 1.82) is 0 Å². The van der Waals surface area contributed by atoms with Gasteiger partial charge in [-0.05, 0) is 56.7 Å². The van der Waals surface area contributed by atoms with E-state index in [9.17, 15) is 26.4 Å². The molecule has 1 saturated carbocycles. The van der Waals surface area contributed by atoms with E-state index in [2.05, 4.69) is 5.32 Å². The smallest absolute Gasteiger partial charge is 0.381 e. The molecule has 5 nitrogen and oxygen atoms in total. The molecule has 1 aliphatic heterocycles. The molecule has 1 N–H and O–H groups in total. The lowest BCUT2D eigenvalue weighted by molar-refractivity contribution is -0.137. The summed E-state index contributed by atoms with van der Waals surface area (Å²) in [4.78, 5) is 12.0. The molecule has 2 aliphatic rings. The van der Waals surface area contributed by atoms with E-state index in [1.807, 2.05) is 0 Å². The molecule has 1 aromatic carbocycles. The van der Waals surface area contributed by atoms with Crippen molar-refractivity contribution in [3.05, 3.63) is 29.8 Å². The van der Waals surface area contributed by atoms with Gasteiger partial charge >= 0.3 is 6.18 Å². The summed E-state index contributed by atoms with van der Waals surface area (Å²) in [6.45, 7) is 1.14. The van der Waals surface area contributed by atoms with E-state index < -0.39 is 26.8 Å². The van der Waals surface area contributed by atoms with Crippen molar-refractivity contribution in [3.63, 3.8) is 0 Å². The number of carbonyl (C=O) groups is 1. The minimum atomic E-state index is -4.59. The quantitative estimate of drug-likeness (QED) is 0.813. The number of halogens is 3. The highest BCUT2D eigenvalue weighted by Crippen LogP contribution is 2.34. The molecule has 9 heteroatoms. The van der Waals surface area contributed by atoms with Crippen molar-refractivity contribution in [3.8, 4) is 0 Å². The predicted molar refractivity (Wildman–Crippen MR) is 96.4 cm³/mol. The van der Waals surface area contributed by atoms with Gasteiger partial charge in [0.25, 0.3) is 0 Å². The first-order valence-corrected chi connectivity index (χ1v) is 11.0. The summed E-state index contributed by atoms with van der Waals surface area (Å²) in [5, 5.41) is 2.26. The zero-order valence-corrected chi connectivity index (χ0v) is 16.2. The van der Waals surface area contributed by atoms with Crippen LogP contribution in [0.2, 0.25) is 0 Å². The fourth-order valence-corrected chi connectivity index (χ4v) is 5.68. The molecule has 0 spiro atoms. The van der Waals surface area contributed by atoms with Gasteiger partial charge in [-0.15, -0.1) is 0 Å². The lowest BCUT2D eigenvalue weighted by atomic mass is 9.93. The maximum absolute atomic E-state index is 12.9. The van der Waals surface area contributed by atoms with Crippen LogP contribution in [-0.4, -0.2) is 38.8 Å². The Morgan fingerprint density at radius 2 is 1.68 bits per heavy atom. The number of alkyl halides is 3. The number of ether oxygens (including phenoxy) is 1. The first kappa shape index (κ1) is 21.1. The summed E-state index contributed by atoms with van der Waals surface area (Å²) in [5.41, 5.74) is -0.967. The van der Waals surface area contributed by atoms with Crippen molar-refractivity contribution >= 4 is 15.7 Å². The van der Waals surface area contributed by atoms with Crippen LogP contribution in [0.15, 0.2) is 29.2 Å². The first-order chi connectivity index (χ1) is 13.2. The van der Waals surface area contributed by atoms with Gasteiger partial charge in [-0.2, -0.15) is 13.2 Å². The van der Waals surface area contributed by atoms with E-state index in [0.717, 1.165) is 12.1 Å². The Morgan fingerprint density at radius 3 is 2.29 bits per heavy atom. The number of amides is 1. The maximum Gasteiger partial charge on any atom is 0.416 e. The second kappa shape index (κ2) is 8.41. The monoisotopic (exact) mass is 419 g/mol. The number of rotatable bonds is 4. The molecule has 0 radical (unpaired) electrons. The van der Waals surface area contributed by atoms with E-state index >= 15 is 0 Å². The van der Waals surface area contributed by atoms with Crippen molar-refractivity contribution in [1.82, 2.24) is 5.32 Å². The van der Waals surface area contributed by atoms with Crippen LogP contribution < -0.4 is 5.32 Å². The van der Waals surface area contributed by atoms with Gasteiger partial charge in [-0.1, -0.05) is 6.07 Å². The maximum atomic E-state index is 12.9. The lowest BCUT2D eigenvalue weighted by Crippen LogP contribution is -2.43. The Hall–Kier alpha value is -1.61. The molecule has 28 heavy (non-hydrogen) atoms. The van der Waals surface area contributed by atoms with Gasteiger partial charge in [0.2, 0.25) is 5.91 Å². The molecule has 3 rings (SSSR count). The number of carbonyl (C=O) groups excluding carboxylic acids is 1. The molecule has 2 fully saturated rings. The molecule has 1 saturated heterocycles. The van der Waals surface area contributed by atoms with Crippen molar-refractivity contribution in [2.45, 2.75) is 60.9 Å². The summed E-state index contributed by atoms with van der Waals surface area (Å²) in [6, 6.07) is 3.80. The first-order valence-electron chi connectivity index (χ1n) is 9.47. The van der Waals surface area contributed by atoms with Gasteiger partial charge in [0.05, 0.1) is 15.7 Å². The van der Waals surface area contributed by atoms with Gasteiger partial charge in [0, 0.05) is 25.2 Å². The third-order valence-electron chi connectivity index (χ3n) is 5.54. The van der Waals surface area contributed by atoms with Crippen LogP contribution in [0.3, 0.4) is 0 Å². The molecule has 0 atom stereocenters. The van der Waals surface area contributed by atoms with E-state index in [4.69, 9.17) is 4.74 Å². The molecule has 0 aromatic heterocycles. The number of sulfone groups is 1. The molecule has 1 heterocycles. The van der Waals surface area contributed by atoms with Crippen molar-refractivity contribution in [2.24, 2.45) is 5.92 Å². The number of benzene rings is 1. The highest BCUT2D eigenvalue weighted by atomic mass is 32.2. The van der Waals surface area contributed by atoms with Gasteiger partial charge < -0.3 is 10.1 Å². The van der Waals surface area contributed by atoms with Crippen LogP contribution in [0.4, 0.5) is 13.2 Å². The average molecular weight is 419 g/mol. The fourth-order valence-electron chi connectivity index (χ4n) is 3.84. The van der Waals surface area contributed by atoms with Crippen molar-refractivity contribution < 1.29 is 31.1 Å². The van der Waals surface area contributed by atoms with Crippen LogP contribution in [0, 0.1) is 5.92 Å². The van der Waals surface area contributed by atoms with E-state index in [-0.39, 0.29) is 22.8 Å². The summed E-state index contributed by atoms with van der Waals surface area (Å²) in [5.74, 6) is -0.0900. The Kier molecular flexibility index (Phi) is 6.34. The second-order valence-electron chi connectivity index (χ2n) is 7.44. The normalized spacial score (nSPS) is 24.7. The zero-order valence-electron chi connectivity index (χ0n) is 15.4. The Labute approximate surface area is 162 Å². The van der Waals surface area contributed by atoms with Crippen molar-refractivity contribution in [2.75, 3.05) is 13.2 Å². The van der Waals surface area contributed by atoms with Crippen LogP contribution in [0.25, 0.3) is 0 Å². The highest BCUT2D eigenvalue weighted by molar-refractivity contribution is 7.92. The van der Waals surface area contributed by atoms with Crippen LogP contribution in [0.1, 0.15) is 44.1 Å². The lowest BCUT2D eigenvalue weighted by Gasteiger charge is -2.31. The Balaban J connectivity index is 1.60. The largest absolute Gasteiger partial charge is 0.416 e. The molecule has 1 aliphatic carbocycles. The number of nitrogens with one attached hydrogen (secondary N) is 1. The molecule has 1 amide bonds. The zero-order chi connectivity index (χ0) is 20.4. The molecule has 0 unspecified atom stereocenters. The SMILES string of the molecule is O=C(NC1CCC(S(=O)(=O)c2cccc(C(F)(F)F)c2)CC1)C1CCOCC1. The number of hydrogen-bond acceptors (Lipinski definition) is 4. The Morgan fingerprint density at radius 1 is 1.04 bits per heavy atom. The van der Waals surface area contributed by atoms with Gasteiger partial charge in [-0.3, -0.25) is 4.79 Å². The summed E-state index contributed by atoms with van der Waals surface area (Å²) < 4.78 is 69.4. The third kappa shape index (κ3) is 4.86. The third-order valence-corrected chi connectivity index (χ3v) is 7.80. The van der Waals surface area contributed by atoms with Crippen LogP contribution >= 0.6 is 0 Å². The van der Waals surface area contributed by atoms with Crippen LogP contribution in [-0.2, 0) is 25.5 Å².